The third kappa shape index (κ3) is 2.38. The van der Waals surface area contributed by atoms with Gasteiger partial charge in [-0.15, -0.1) is 0 Å². The average Bonchev–Trinajstić information content (AvgIpc) is 2.28. The fourth-order valence-electron chi connectivity index (χ4n) is 1.61. The molecule has 1 aromatic heterocycles. The normalized spacial score (nSPS) is 10.9. The summed E-state index contributed by atoms with van der Waals surface area (Å²) in [6.45, 7) is 3.63. The van der Waals surface area contributed by atoms with Crippen molar-refractivity contribution in [1.29, 1.82) is 0 Å². The van der Waals surface area contributed by atoms with Gasteiger partial charge in [0.1, 0.15) is 5.56 Å². The molecule has 5 heteroatoms. The number of nitrogens with one attached hydrogen (secondary N) is 1. The number of hydrogen-bond donors (Lipinski definition) is 1. The second-order valence-electron chi connectivity index (χ2n) is 4.23. The number of halogens is 1. The monoisotopic (exact) mass is 265 g/mol. The molecule has 0 radical (unpaired) electrons. The minimum atomic E-state index is -0.686. The summed E-state index contributed by atoms with van der Waals surface area (Å²) < 4.78 is 5.08. The summed E-state index contributed by atoms with van der Waals surface area (Å²) in [4.78, 5) is 23.5. The van der Waals surface area contributed by atoms with Crippen LogP contribution in [0.4, 0.5) is 0 Å². The summed E-state index contributed by atoms with van der Waals surface area (Å²) in [5.41, 5.74) is -0.405. The zero-order valence-corrected chi connectivity index (χ0v) is 10.7. The van der Waals surface area contributed by atoms with Crippen molar-refractivity contribution in [2.75, 3.05) is 0 Å². The molecular weight excluding hydrogens is 254 g/mol. The second-order valence-corrected chi connectivity index (χ2v) is 4.64. The minimum absolute atomic E-state index is 0.0153. The van der Waals surface area contributed by atoms with E-state index in [9.17, 15) is 9.59 Å². The second kappa shape index (κ2) is 4.82. The molecule has 0 aliphatic carbocycles. The number of hydrogen-bond acceptors (Lipinski definition) is 3. The number of rotatable bonds is 2. The fourth-order valence-corrected chi connectivity index (χ4v) is 1.83. The molecule has 1 N–H and O–H groups in total. The van der Waals surface area contributed by atoms with Crippen molar-refractivity contribution in [3.05, 3.63) is 45.3 Å². The van der Waals surface area contributed by atoms with Gasteiger partial charge in [0.25, 0.3) is 5.91 Å². The molecule has 0 fully saturated rings. The Morgan fingerprint density at radius 2 is 2.11 bits per heavy atom. The molecule has 94 valence electrons. The van der Waals surface area contributed by atoms with E-state index < -0.39 is 11.5 Å². The van der Waals surface area contributed by atoms with E-state index in [-0.39, 0.29) is 11.6 Å². The average molecular weight is 266 g/mol. The van der Waals surface area contributed by atoms with Gasteiger partial charge < -0.3 is 9.73 Å². The predicted molar refractivity (Wildman–Crippen MR) is 70.1 cm³/mol. The molecular formula is C13H12ClNO3. The highest BCUT2D eigenvalue weighted by atomic mass is 35.5. The van der Waals surface area contributed by atoms with Crippen LogP contribution in [0, 0.1) is 0 Å². The molecule has 1 heterocycles. The molecule has 0 unspecified atom stereocenters. The van der Waals surface area contributed by atoms with Gasteiger partial charge in [-0.2, -0.15) is 0 Å². The first kappa shape index (κ1) is 12.6. The molecule has 1 aromatic carbocycles. The van der Waals surface area contributed by atoms with Crippen molar-refractivity contribution in [3.63, 3.8) is 0 Å². The fraction of sp³-hybridized carbons (Fsp3) is 0.231. The maximum absolute atomic E-state index is 11.8. The third-order valence-corrected chi connectivity index (χ3v) is 2.67. The topological polar surface area (TPSA) is 59.3 Å². The first-order valence-corrected chi connectivity index (χ1v) is 5.90. The summed E-state index contributed by atoms with van der Waals surface area (Å²) >= 11 is 5.91. The molecule has 0 aliphatic heterocycles. The Kier molecular flexibility index (Phi) is 3.39. The van der Waals surface area contributed by atoms with Crippen LogP contribution in [0.25, 0.3) is 11.0 Å². The van der Waals surface area contributed by atoms with E-state index in [4.69, 9.17) is 16.0 Å². The van der Waals surface area contributed by atoms with E-state index in [0.717, 1.165) is 0 Å². The lowest BCUT2D eigenvalue weighted by molar-refractivity contribution is 0.0939. The largest absolute Gasteiger partial charge is 0.421 e. The van der Waals surface area contributed by atoms with E-state index in [1.54, 1.807) is 18.2 Å². The minimum Gasteiger partial charge on any atom is -0.421 e. The van der Waals surface area contributed by atoms with Crippen LogP contribution in [0.15, 0.2) is 33.5 Å². The molecule has 1 amide bonds. The molecule has 18 heavy (non-hydrogen) atoms. The summed E-state index contributed by atoms with van der Waals surface area (Å²) in [7, 11) is 0. The van der Waals surface area contributed by atoms with Gasteiger partial charge in [-0.25, -0.2) is 4.79 Å². The highest BCUT2D eigenvalue weighted by Crippen LogP contribution is 2.22. The highest BCUT2D eigenvalue weighted by molar-refractivity contribution is 6.34. The van der Waals surface area contributed by atoms with Crippen LogP contribution >= 0.6 is 11.6 Å². The van der Waals surface area contributed by atoms with Crippen molar-refractivity contribution >= 4 is 28.5 Å². The van der Waals surface area contributed by atoms with Crippen LogP contribution < -0.4 is 10.9 Å². The molecule has 0 aliphatic rings. The Hall–Kier alpha value is -1.81. The van der Waals surface area contributed by atoms with Gasteiger partial charge in [0.05, 0.1) is 5.02 Å². The van der Waals surface area contributed by atoms with E-state index in [1.807, 2.05) is 13.8 Å². The van der Waals surface area contributed by atoms with Gasteiger partial charge in [-0.3, -0.25) is 4.79 Å². The molecule has 2 rings (SSSR count). The van der Waals surface area contributed by atoms with Crippen LogP contribution in [0.5, 0.6) is 0 Å². The number of carbonyl (C=O) groups excluding carboxylic acids is 1. The van der Waals surface area contributed by atoms with E-state index in [0.29, 0.717) is 16.0 Å². The molecule has 0 saturated heterocycles. The Bertz CT molecular complexity index is 661. The molecule has 0 bridgehead atoms. The zero-order chi connectivity index (χ0) is 13.3. The molecule has 4 nitrogen and oxygen atoms in total. The smallest absolute Gasteiger partial charge is 0.349 e. The van der Waals surface area contributed by atoms with Gasteiger partial charge in [-0.1, -0.05) is 23.7 Å². The number of amides is 1. The van der Waals surface area contributed by atoms with Crippen LogP contribution in [0.1, 0.15) is 24.2 Å². The first-order valence-electron chi connectivity index (χ1n) is 5.52. The van der Waals surface area contributed by atoms with E-state index >= 15 is 0 Å². The number of benzene rings is 1. The van der Waals surface area contributed by atoms with Crippen molar-refractivity contribution in [1.82, 2.24) is 5.32 Å². The van der Waals surface area contributed by atoms with E-state index in [1.165, 1.54) is 6.07 Å². The van der Waals surface area contributed by atoms with Crippen LogP contribution in [0.2, 0.25) is 5.02 Å². The highest BCUT2D eigenvalue weighted by Gasteiger charge is 2.15. The summed E-state index contributed by atoms with van der Waals surface area (Å²) in [6.07, 6.45) is 0. The van der Waals surface area contributed by atoms with Crippen molar-refractivity contribution in [2.24, 2.45) is 0 Å². The predicted octanol–water partition coefficient (Wildman–Crippen LogP) is 2.58. The van der Waals surface area contributed by atoms with Crippen LogP contribution in [0.3, 0.4) is 0 Å². The standard InChI is InChI=1S/C13H12ClNO3/c1-7(2)15-12(16)9-6-8-4-3-5-10(14)11(8)18-13(9)17/h3-7H,1-2H3,(H,15,16). The van der Waals surface area contributed by atoms with Gasteiger partial charge in [0.15, 0.2) is 5.58 Å². The quantitative estimate of drug-likeness (QED) is 0.849. The molecule has 0 saturated carbocycles. The van der Waals surface area contributed by atoms with Crippen LogP contribution in [-0.4, -0.2) is 11.9 Å². The van der Waals surface area contributed by atoms with Gasteiger partial charge >= 0.3 is 5.63 Å². The summed E-state index contributed by atoms with van der Waals surface area (Å²) in [5.74, 6) is -0.444. The zero-order valence-electron chi connectivity index (χ0n) is 9.99. The van der Waals surface area contributed by atoms with Gasteiger partial charge in [-0.05, 0) is 26.0 Å². The van der Waals surface area contributed by atoms with Crippen molar-refractivity contribution in [2.45, 2.75) is 19.9 Å². The SMILES string of the molecule is CC(C)NC(=O)c1cc2cccc(Cl)c2oc1=O. The van der Waals surface area contributed by atoms with Crippen LogP contribution in [-0.2, 0) is 0 Å². The Balaban J connectivity index is 2.57. The Morgan fingerprint density at radius 1 is 1.39 bits per heavy atom. The number of para-hydroxylation sites is 1. The lowest BCUT2D eigenvalue weighted by Gasteiger charge is -2.07. The van der Waals surface area contributed by atoms with Gasteiger partial charge in [0, 0.05) is 11.4 Å². The van der Waals surface area contributed by atoms with Gasteiger partial charge in [0.2, 0.25) is 0 Å². The Morgan fingerprint density at radius 3 is 2.78 bits per heavy atom. The number of carbonyl (C=O) groups is 1. The third-order valence-electron chi connectivity index (χ3n) is 2.38. The molecule has 0 atom stereocenters. The lowest BCUT2D eigenvalue weighted by atomic mass is 10.1. The first-order chi connectivity index (χ1) is 8.49. The maximum atomic E-state index is 11.8. The maximum Gasteiger partial charge on any atom is 0.349 e. The number of fused-ring (bicyclic) bond motifs is 1. The Labute approximate surface area is 109 Å². The van der Waals surface area contributed by atoms with Crippen molar-refractivity contribution in [3.8, 4) is 0 Å². The van der Waals surface area contributed by atoms with E-state index in [2.05, 4.69) is 5.32 Å². The lowest BCUT2D eigenvalue weighted by Crippen LogP contribution is -2.33. The summed E-state index contributed by atoms with van der Waals surface area (Å²) in [6, 6.07) is 6.53. The summed E-state index contributed by atoms with van der Waals surface area (Å²) in [5, 5.41) is 3.62. The molecule has 2 aromatic rings. The van der Waals surface area contributed by atoms with Crippen molar-refractivity contribution < 1.29 is 9.21 Å². The molecule has 0 spiro atoms.